The van der Waals surface area contributed by atoms with Crippen LogP contribution >= 0.6 is 0 Å². The molecule has 1 heterocycles. The summed E-state index contributed by atoms with van der Waals surface area (Å²) in [5.74, 6) is -0.254. The minimum absolute atomic E-state index is 0.00155. The Morgan fingerprint density at radius 3 is 2.59 bits per heavy atom. The number of nitrogens with one attached hydrogen (secondary N) is 1. The molecule has 0 aliphatic carbocycles. The molecule has 4 atom stereocenters. The third-order valence-electron chi connectivity index (χ3n) is 2.71. The van der Waals surface area contributed by atoms with Gasteiger partial charge in [0.2, 0.25) is 5.91 Å². The molecule has 0 bridgehead atoms. The van der Waals surface area contributed by atoms with Gasteiger partial charge in [0.05, 0.1) is 25.2 Å². The van der Waals surface area contributed by atoms with Gasteiger partial charge >= 0.3 is 0 Å². The van der Waals surface area contributed by atoms with Crippen LogP contribution < -0.4 is 11.1 Å². The van der Waals surface area contributed by atoms with Crippen molar-refractivity contribution in [3.63, 3.8) is 0 Å². The van der Waals surface area contributed by atoms with E-state index in [-0.39, 0.29) is 18.9 Å². The summed E-state index contributed by atoms with van der Waals surface area (Å²) in [5, 5.41) is 21.8. The van der Waals surface area contributed by atoms with Gasteiger partial charge in [0.15, 0.2) is 0 Å². The average molecular weight is 248 g/mol. The van der Waals surface area contributed by atoms with Crippen LogP contribution in [0.5, 0.6) is 0 Å². The van der Waals surface area contributed by atoms with Gasteiger partial charge in [-0.15, -0.1) is 0 Å². The summed E-state index contributed by atoms with van der Waals surface area (Å²) >= 11 is 0. The molecule has 1 amide bonds. The van der Waals surface area contributed by atoms with Gasteiger partial charge < -0.3 is 30.7 Å². The molecule has 0 aromatic rings. The third kappa shape index (κ3) is 3.90. The number of aliphatic hydroxyl groups excluding tert-OH is 2. The fraction of sp³-hybridized carbons (Fsp3) is 0.900. The van der Waals surface area contributed by atoms with Crippen molar-refractivity contribution < 1.29 is 24.5 Å². The molecule has 0 aromatic carbocycles. The average Bonchev–Trinajstić information content (AvgIpc) is 2.57. The normalized spacial score (nSPS) is 32.7. The van der Waals surface area contributed by atoms with Gasteiger partial charge in [0, 0.05) is 20.2 Å². The number of hydrogen-bond donors (Lipinski definition) is 4. The summed E-state index contributed by atoms with van der Waals surface area (Å²) in [6, 6.07) is 0. The van der Waals surface area contributed by atoms with Crippen molar-refractivity contribution in [3.8, 4) is 0 Å². The smallest absolute Gasteiger partial charge is 0.222 e. The summed E-state index contributed by atoms with van der Waals surface area (Å²) in [6.45, 7) is 0.939. The van der Waals surface area contributed by atoms with E-state index < -0.39 is 24.4 Å². The number of ether oxygens (including phenoxy) is 2. The maximum atomic E-state index is 11.5. The van der Waals surface area contributed by atoms with Crippen LogP contribution in [0.3, 0.4) is 0 Å². The fourth-order valence-corrected chi connectivity index (χ4v) is 1.74. The van der Waals surface area contributed by atoms with Crippen LogP contribution in [-0.2, 0) is 14.3 Å². The summed E-state index contributed by atoms with van der Waals surface area (Å²) in [7, 11) is 1.54. The molecular formula is C10H20N2O5. The Hall–Kier alpha value is -0.730. The molecule has 17 heavy (non-hydrogen) atoms. The molecule has 0 aromatic heterocycles. The van der Waals surface area contributed by atoms with Crippen LogP contribution in [0.25, 0.3) is 0 Å². The molecule has 7 nitrogen and oxygen atoms in total. The van der Waals surface area contributed by atoms with E-state index in [0.29, 0.717) is 13.2 Å². The number of nitrogens with two attached hydrogens (primary N) is 1. The lowest BCUT2D eigenvalue weighted by Crippen LogP contribution is -2.37. The van der Waals surface area contributed by atoms with Gasteiger partial charge in [-0.3, -0.25) is 4.79 Å². The quantitative estimate of drug-likeness (QED) is 0.389. The molecule has 100 valence electrons. The summed E-state index contributed by atoms with van der Waals surface area (Å²) in [6.07, 6.45) is -3.42. The zero-order chi connectivity index (χ0) is 12.8. The molecule has 0 unspecified atom stereocenters. The highest BCUT2D eigenvalue weighted by molar-refractivity contribution is 5.76. The Morgan fingerprint density at radius 2 is 2.06 bits per heavy atom. The van der Waals surface area contributed by atoms with Crippen molar-refractivity contribution in [3.05, 3.63) is 0 Å². The molecule has 0 spiro atoms. The maximum absolute atomic E-state index is 11.5. The van der Waals surface area contributed by atoms with Crippen LogP contribution in [0.4, 0.5) is 0 Å². The highest BCUT2D eigenvalue weighted by Crippen LogP contribution is 2.22. The van der Waals surface area contributed by atoms with E-state index in [9.17, 15) is 15.0 Å². The maximum Gasteiger partial charge on any atom is 0.222 e. The van der Waals surface area contributed by atoms with Crippen LogP contribution in [0, 0.1) is 0 Å². The van der Waals surface area contributed by atoms with Crippen LogP contribution in [-0.4, -0.2) is 67.3 Å². The summed E-state index contributed by atoms with van der Waals surface area (Å²) < 4.78 is 10.1. The van der Waals surface area contributed by atoms with Gasteiger partial charge in [-0.2, -0.15) is 0 Å². The lowest BCUT2D eigenvalue weighted by atomic mass is 10.1. The van der Waals surface area contributed by atoms with Gasteiger partial charge in [0.1, 0.15) is 12.2 Å². The molecule has 5 N–H and O–H groups in total. The number of amides is 1. The Bertz CT molecular complexity index is 251. The second-order valence-corrected chi connectivity index (χ2v) is 3.98. The van der Waals surface area contributed by atoms with Crippen molar-refractivity contribution in [2.24, 2.45) is 5.73 Å². The van der Waals surface area contributed by atoms with Crippen molar-refractivity contribution in [2.45, 2.75) is 30.8 Å². The Balaban J connectivity index is 2.34. The minimum atomic E-state index is -1.07. The van der Waals surface area contributed by atoms with E-state index in [4.69, 9.17) is 15.2 Å². The van der Waals surface area contributed by atoms with E-state index in [0.717, 1.165) is 0 Å². The summed E-state index contributed by atoms with van der Waals surface area (Å²) in [5.41, 5.74) is 5.36. The largest absolute Gasteiger partial charge is 0.388 e. The molecule has 0 radical (unpaired) electrons. The molecule has 1 fully saturated rings. The molecule has 1 aliphatic rings. The zero-order valence-electron chi connectivity index (χ0n) is 9.83. The lowest BCUT2D eigenvalue weighted by molar-refractivity contribution is -0.125. The topological polar surface area (TPSA) is 114 Å². The first-order valence-electron chi connectivity index (χ1n) is 5.57. The van der Waals surface area contributed by atoms with Gasteiger partial charge in [0.25, 0.3) is 0 Å². The third-order valence-corrected chi connectivity index (χ3v) is 2.71. The fourth-order valence-electron chi connectivity index (χ4n) is 1.74. The van der Waals surface area contributed by atoms with Crippen molar-refractivity contribution in [1.82, 2.24) is 5.32 Å². The van der Waals surface area contributed by atoms with Gasteiger partial charge in [-0.25, -0.2) is 0 Å². The van der Waals surface area contributed by atoms with Crippen molar-refractivity contribution in [2.75, 3.05) is 26.8 Å². The standard InChI is InChI=1S/C10H20N2O5/c1-16-3-2-12-8(13)4-6-9(14)10(15)7(5-11)17-6/h6-7,9-10,14-15H,2-5,11H2,1H3,(H,12,13)/t6-,7+,9-,10+/m0/s1. The molecule has 1 saturated heterocycles. The van der Waals surface area contributed by atoms with E-state index in [1.54, 1.807) is 0 Å². The predicted molar refractivity (Wildman–Crippen MR) is 59.2 cm³/mol. The monoisotopic (exact) mass is 248 g/mol. The molecule has 1 aliphatic heterocycles. The van der Waals surface area contributed by atoms with E-state index in [1.165, 1.54) is 7.11 Å². The first-order valence-corrected chi connectivity index (χ1v) is 5.57. The second kappa shape index (κ2) is 6.87. The van der Waals surface area contributed by atoms with Gasteiger partial charge in [-0.05, 0) is 0 Å². The lowest BCUT2D eigenvalue weighted by Gasteiger charge is -2.14. The highest BCUT2D eigenvalue weighted by Gasteiger charge is 2.42. The van der Waals surface area contributed by atoms with Crippen molar-refractivity contribution >= 4 is 5.91 Å². The number of carbonyl (C=O) groups is 1. The van der Waals surface area contributed by atoms with Gasteiger partial charge in [-0.1, -0.05) is 0 Å². The number of hydrogen-bond acceptors (Lipinski definition) is 6. The molecular weight excluding hydrogens is 228 g/mol. The Labute approximate surface area is 99.9 Å². The highest BCUT2D eigenvalue weighted by atomic mass is 16.5. The van der Waals surface area contributed by atoms with Crippen LogP contribution in [0.15, 0.2) is 0 Å². The number of methoxy groups -OCH3 is 1. The number of rotatable bonds is 6. The van der Waals surface area contributed by atoms with E-state index in [2.05, 4.69) is 5.32 Å². The minimum Gasteiger partial charge on any atom is -0.388 e. The summed E-state index contributed by atoms with van der Waals surface area (Å²) in [4.78, 5) is 11.5. The second-order valence-electron chi connectivity index (χ2n) is 3.98. The first kappa shape index (κ1) is 14.3. The van der Waals surface area contributed by atoms with E-state index in [1.807, 2.05) is 0 Å². The van der Waals surface area contributed by atoms with Crippen LogP contribution in [0.2, 0.25) is 0 Å². The number of aliphatic hydroxyl groups is 2. The first-order chi connectivity index (χ1) is 8.10. The Morgan fingerprint density at radius 1 is 1.41 bits per heavy atom. The molecule has 7 heteroatoms. The number of carbonyl (C=O) groups excluding carboxylic acids is 1. The SMILES string of the molecule is COCCNC(=O)C[C@@H]1O[C@H](CN)[C@@H](O)[C@H]1O. The van der Waals surface area contributed by atoms with E-state index >= 15 is 0 Å². The molecule has 1 rings (SSSR count). The zero-order valence-corrected chi connectivity index (χ0v) is 9.83. The Kier molecular flexibility index (Phi) is 5.79. The van der Waals surface area contributed by atoms with Crippen molar-refractivity contribution in [1.29, 1.82) is 0 Å². The predicted octanol–water partition coefficient (Wildman–Crippen LogP) is -2.41. The van der Waals surface area contributed by atoms with Crippen LogP contribution in [0.1, 0.15) is 6.42 Å². The molecule has 0 saturated carbocycles.